The Bertz CT molecular complexity index is 1010. The van der Waals surface area contributed by atoms with Gasteiger partial charge < -0.3 is 20.3 Å². The molecule has 364 valence electrons. The van der Waals surface area contributed by atoms with Gasteiger partial charge in [-0.2, -0.15) is 0 Å². The Morgan fingerprint density at radius 3 is 1.24 bits per heavy atom. The first kappa shape index (κ1) is 60.1. The number of aliphatic hydroxyl groups is 2. The van der Waals surface area contributed by atoms with Crippen LogP contribution in [0, 0.1) is 0 Å². The standard InChI is InChI=1S/C56H105NO5/c1-3-5-7-9-11-13-15-17-19-21-22-24-28-32-36-40-44-48-54(59)53(52-58)57-55(60)49-45-41-37-33-29-26-27-31-35-39-43-47-51-62-56(61)50-46-42-38-34-30-25-23-20-18-16-14-12-10-8-6-4-2/h14,16,20,23,44,48,53-54,58-59H,3-13,15,17-19,21-22,24-43,45-47,49-52H2,1-2H3,(H,57,60)/b16-14-,23-20-,48-44+. The second kappa shape index (κ2) is 51.7. The van der Waals surface area contributed by atoms with E-state index in [4.69, 9.17) is 4.74 Å². The Morgan fingerprint density at radius 2 is 0.806 bits per heavy atom. The molecule has 0 spiro atoms. The number of ether oxygens (including phenoxy) is 1. The highest BCUT2D eigenvalue weighted by atomic mass is 16.5. The summed E-state index contributed by atoms with van der Waals surface area (Å²) in [6.45, 7) is 4.85. The molecule has 0 fully saturated rings. The quantitative estimate of drug-likeness (QED) is 0.0321. The summed E-state index contributed by atoms with van der Waals surface area (Å²) in [5.74, 6) is -0.108. The Hall–Kier alpha value is -1.92. The van der Waals surface area contributed by atoms with Gasteiger partial charge in [-0.1, -0.05) is 243 Å². The van der Waals surface area contributed by atoms with Crippen LogP contribution in [0.2, 0.25) is 0 Å². The molecule has 0 aliphatic rings. The maximum Gasteiger partial charge on any atom is 0.305 e. The smallest absolute Gasteiger partial charge is 0.305 e. The number of aliphatic hydroxyl groups excluding tert-OH is 2. The minimum atomic E-state index is -0.856. The van der Waals surface area contributed by atoms with E-state index >= 15 is 0 Å². The molecule has 0 bridgehead atoms. The number of hydrogen-bond acceptors (Lipinski definition) is 5. The molecule has 0 radical (unpaired) electrons. The fourth-order valence-electron chi connectivity index (χ4n) is 8.19. The molecule has 0 saturated heterocycles. The van der Waals surface area contributed by atoms with Crippen molar-refractivity contribution < 1.29 is 24.5 Å². The maximum absolute atomic E-state index is 12.4. The third-order valence-corrected chi connectivity index (χ3v) is 12.4. The lowest BCUT2D eigenvalue weighted by molar-refractivity contribution is -0.143. The summed E-state index contributed by atoms with van der Waals surface area (Å²) in [5.41, 5.74) is 0. The summed E-state index contributed by atoms with van der Waals surface area (Å²) in [6.07, 6.45) is 62.8. The summed E-state index contributed by atoms with van der Waals surface area (Å²) in [6, 6.07) is -0.641. The van der Waals surface area contributed by atoms with Crippen LogP contribution in [0.1, 0.15) is 284 Å². The molecule has 0 rings (SSSR count). The van der Waals surface area contributed by atoms with E-state index in [-0.39, 0.29) is 18.5 Å². The monoisotopic (exact) mass is 872 g/mol. The highest BCUT2D eigenvalue weighted by Gasteiger charge is 2.18. The molecule has 0 aliphatic carbocycles. The number of hydrogen-bond donors (Lipinski definition) is 3. The summed E-state index contributed by atoms with van der Waals surface area (Å²) in [5, 5.41) is 23.1. The predicted octanol–water partition coefficient (Wildman–Crippen LogP) is 16.5. The zero-order valence-corrected chi connectivity index (χ0v) is 41.4. The van der Waals surface area contributed by atoms with Gasteiger partial charge in [-0.3, -0.25) is 9.59 Å². The van der Waals surface area contributed by atoms with Gasteiger partial charge >= 0.3 is 5.97 Å². The minimum absolute atomic E-state index is 0.0244. The predicted molar refractivity (Wildman–Crippen MR) is 269 cm³/mol. The van der Waals surface area contributed by atoms with Crippen molar-refractivity contribution in [2.75, 3.05) is 13.2 Å². The molecule has 6 nitrogen and oxygen atoms in total. The van der Waals surface area contributed by atoms with Gasteiger partial charge in [0.15, 0.2) is 0 Å². The van der Waals surface area contributed by atoms with Gasteiger partial charge in [-0.15, -0.1) is 0 Å². The van der Waals surface area contributed by atoms with Crippen molar-refractivity contribution >= 4 is 11.9 Å². The first-order valence-electron chi connectivity index (χ1n) is 27.3. The van der Waals surface area contributed by atoms with Gasteiger partial charge in [-0.25, -0.2) is 0 Å². The van der Waals surface area contributed by atoms with Crippen LogP contribution < -0.4 is 5.32 Å². The van der Waals surface area contributed by atoms with Gasteiger partial charge in [0.2, 0.25) is 5.91 Å². The number of carbonyl (C=O) groups excluding carboxylic acids is 2. The van der Waals surface area contributed by atoms with Crippen molar-refractivity contribution in [3.63, 3.8) is 0 Å². The molecular weight excluding hydrogens is 767 g/mol. The Labute approximate surface area is 385 Å². The number of nitrogens with one attached hydrogen (secondary N) is 1. The average Bonchev–Trinajstić information content (AvgIpc) is 3.27. The van der Waals surface area contributed by atoms with Gasteiger partial charge in [0, 0.05) is 12.8 Å². The lowest BCUT2D eigenvalue weighted by Crippen LogP contribution is -2.45. The minimum Gasteiger partial charge on any atom is -0.466 e. The molecule has 0 aromatic rings. The molecule has 0 aliphatic heterocycles. The van der Waals surface area contributed by atoms with Crippen LogP contribution in [-0.4, -0.2) is 47.4 Å². The molecule has 0 aromatic heterocycles. The SMILES string of the molecule is CCCCCC/C=C\C/C=C\CCCCCCCC(=O)OCCCCCCCCCCCCCCC(=O)NC(CO)C(O)/C=C/CCCCCCCCCCCCCCCCC. The molecule has 0 heterocycles. The molecular formula is C56H105NO5. The van der Waals surface area contributed by atoms with Crippen LogP contribution in [0.3, 0.4) is 0 Å². The van der Waals surface area contributed by atoms with Crippen molar-refractivity contribution in [3.8, 4) is 0 Å². The van der Waals surface area contributed by atoms with Crippen LogP contribution >= 0.6 is 0 Å². The lowest BCUT2D eigenvalue weighted by Gasteiger charge is -2.20. The molecule has 62 heavy (non-hydrogen) atoms. The summed E-state index contributed by atoms with van der Waals surface area (Å²) in [7, 11) is 0. The molecule has 0 saturated carbocycles. The van der Waals surface area contributed by atoms with Crippen LogP contribution in [0.4, 0.5) is 0 Å². The van der Waals surface area contributed by atoms with Crippen molar-refractivity contribution in [1.29, 1.82) is 0 Å². The lowest BCUT2D eigenvalue weighted by atomic mass is 10.0. The van der Waals surface area contributed by atoms with Crippen molar-refractivity contribution in [1.82, 2.24) is 5.32 Å². The second-order valence-electron chi connectivity index (χ2n) is 18.6. The normalized spacial score (nSPS) is 12.9. The van der Waals surface area contributed by atoms with Crippen molar-refractivity contribution in [3.05, 3.63) is 36.5 Å². The molecule has 3 N–H and O–H groups in total. The van der Waals surface area contributed by atoms with E-state index in [1.54, 1.807) is 6.08 Å². The van der Waals surface area contributed by atoms with Crippen LogP contribution in [0.15, 0.2) is 36.5 Å². The first-order valence-corrected chi connectivity index (χ1v) is 27.3. The number of amides is 1. The Morgan fingerprint density at radius 1 is 0.452 bits per heavy atom. The van der Waals surface area contributed by atoms with E-state index in [0.29, 0.717) is 19.4 Å². The van der Waals surface area contributed by atoms with E-state index in [1.807, 2.05) is 6.08 Å². The fraction of sp³-hybridized carbons (Fsp3) is 0.857. The van der Waals surface area contributed by atoms with Gasteiger partial charge in [-0.05, 0) is 64.2 Å². The third-order valence-electron chi connectivity index (χ3n) is 12.4. The van der Waals surface area contributed by atoms with E-state index < -0.39 is 12.1 Å². The first-order chi connectivity index (χ1) is 30.5. The summed E-state index contributed by atoms with van der Waals surface area (Å²) >= 11 is 0. The van der Waals surface area contributed by atoms with Crippen LogP contribution in [0.25, 0.3) is 0 Å². The summed E-state index contributed by atoms with van der Waals surface area (Å²) < 4.78 is 5.46. The molecule has 2 unspecified atom stereocenters. The number of unbranched alkanes of at least 4 members (excludes halogenated alkanes) is 35. The number of rotatable bonds is 50. The number of allylic oxidation sites excluding steroid dienone is 5. The van der Waals surface area contributed by atoms with Crippen LogP contribution in [0.5, 0.6) is 0 Å². The zero-order chi connectivity index (χ0) is 45.1. The molecule has 2 atom stereocenters. The Balaban J connectivity index is 3.51. The average molecular weight is 872 g/mol. The Kier molecular flexibility index (Phi) is 50.1. The summed E-state index contributed by atoms with van der Waals surface area (Å²) in [4.78, 5) is 24.5. The molecule has 0 aromatic carbocycles. The van der Waals surface area contributed by atoms with Crippen molar-refractivity contribution in [2.45, 2.75) is 296 Å². The highest BCUT2D eigenvalue weighted by molar-refractivity contribution is 5.76. The largest absolute Gasteiger partial charge is 0.466 e. The van der Waals surface area contributed by atoms with Gasteiger partial charge in [0.05, 0.1) is 25.4 Å². The van der Waals surface area contributed by atoms with Gasteiger partial charge in [0.25, 0.3) is 0 Å². The topological polar surface area (TPSA) is 95.9 Å². The van der Waals surface area contributed by atoms with Crippen LogP contribution in [-0.2, 0) is 14.3 Å². The van der Waals surface area contributed by atoms with E-state index in [1.165, 1.54) is 186 Å². The fourth-order valence-corrected chi connectivity index (χ4v) is 8.19. The highest BCUT2D eigenvalue weighted by Crippen LogP contribution is 2.16. The van der Waals surface area contributed by atoms with Gasteiger partial charge in [0.1, 0.15) is 0 Å². The second-order valence-corrected chi connectivity index (χ2v) is 18.6. The van der Waals surface area contributed by atoms with E-state index in [0.717, 1.165) is 70.6 Å². The van der Waals surface area contributed by atoms with E-state index in [2.05, 4.69) is 43.5 Å². The maximum atomic E-state index is 12.4. The molecule has 6 heteroatoms. The van der Waals surface area contributed by atoms with E-state index in [9.17, 15) is 19.8 Å². The number of carbonyl (C=O) groups is 2. The third kappa shape index (κ3) is 47.6. The van der Waals surface area contributed by atoms with Crippen molar-refractivity contribution in [2.24, 2.45) is 0 Å². The zero-order valence-electron chi connectivity index (χ0n) is 41.4. The molecule has 1 amide bonds. The number of esters is 1.